The van der Waals surface area contributed by atoms with Crippen LogP contribution in [0.2, 0.25) is 5.02 Å². The molecule has 3 rings (SSSR count). The molecule has 28 heavy (non-hydrogen) atoms. The number of carbonyl (C=O) groups excluding carboxylic acids is 1. The van der Waals surface area contributed by atoms with E-state index < -0.39 is 0 Å². The average Bonchev–Trinajstić information content (AvgIpc) is 3.15. The summed E-state index contributed by atoms with van der Waals surface area (Å²) in [5, 5.41) is 11.9. The molecule has 0 saturated heterocycles. The van der Waals surface area contributed by atoms with Gasteiger partial charge < -0.3 is 9.73 Å². The Bertz CT molecular complexity index is 918. The van der Waals surface area contributed by atoms with Crippen molar-refractivity contribution in [2.75, 3.05) is 0 Å². The predicted molar refractivity (Wildman–Crippen MR) is 110 cm³/mol. The number of amides is 1. The number of carbonyl (C=O) groups is 1. The summed E-state index contributed by atoms with van der Waals surface area (Å²) in [5.41, 5.74) is 3.07. The van der Waals surface area contributed by atoms with Crippen LogP contribution in [0.4, 0.5) is 0 Å². The van der Waals surface area contributed by atoms with E-state index in [1.54, 1.807) is 0 Å². The van der Waals surface area contributed by atoms with E-state index in [-0.39, 0.29) is 24.3 Å². The number of hydrogen-bond acceptors (Lipinski definition) is 4. The molecule has 2 aromatic carbocycles. The number of nitrogens with one attached hydrogen (secondary N) is 1. The van der Waals surface area contributed by atoms with Gasteiger partial charge in [-0.1, -0.05) is 55.3 Å². The third-order valence-electron chi connectivity index (χ3n) is 4.54. The third kappa shape index (κ3) is 5.20. The Labute approximate surface area is 170 Å². The molecule has 1 N–H and O–H groups in total. The van der Waals surface area contributed by atoms with Crippen molar-refractivity contribution >= 4 is 17.5 Å². The van der Waals surface area contributed by atoms with Gasteiger partial charge in [-0.25, -0.2) is 0 Å². The van der Waals surface area contributed by atoms with Crippen molar-refractivity contribution in [1.29, 1.82) is 0 Å². The summed E-state index contributed by atoms with van der Waals surface area (Å²) in [4.78, 5) is 12.5. The molecule has 0 saturated carbocycles. The summed E-state index contributed by atoms with van der Waals surface area (Å²) >= 11 is 5.96. The van der Waals surface area contributed by atoms with Crippen molar-refractivity contribution in [3.05, 3.63) is 70.6 Å². The van der Waals surface area contributed by atoms with Gasteiger partial charge in [0.15, 0.2) is 0 Å². The average molecular weight is 398 g/mol. The number of aromatic nitrogens is 2. The summed E-state index contributed by atoms with van der Waals surface area (Å²) in [5.74, 6) is 1.13. The second kappa shape index (κ2) is 9.02. The van der Waals surface area contributed by atoms with Crippen LogP contribution in [0.1, 0.15) is 43.3 Å². The number of nitrogens with zero attached hydrogens (tertiary/aromatic N) is 2. The van der Waals surface area contributed by atoms with Crippen LogP contribution in [0.3, 0.4) is 0 Å². The van der Waals surface area contributed by atoms with Gasteiger partial charge in [-0.15, -0.1) is 10.2 Å². The smallest absolute Gasteiger partial charge is 0.247 e. The quantitative estimate of drug-likeness (QED) is 0.599. The number of halogens is 1. The van der Waals surface area contributed by atoms with Gasteiger partial charge in [-0.3, -0.25) is 4.79 Å². The fourth-order valence-corrected chi connectivity index (χ4v) is 3.06. The third-order valence-corrected chi connectivity index (χ3v) is 4.80. The van der Waals surface area contributed by atoms with Crippen molar-refractivity contribution in [2.45, 2.75) is 39.7 Å². The van der Waals surface area contributed by atoms with Crippen molar-refractivity contribution in [3.8, 4) is 11.5 Å². The molecule has 5 nitrogen and oxygen atoms in total. The molecule has 0 aliphatic rings. The van der Waals surface area contributed by atoms with Crippen LogP contribution < -0.4 is 5.32 Å². The van der Waals surface area contributed by atoms with E-state index in [0.29, 0.717) is 23.2 Å². The molecular weight excluding hydrogens is 374 g/mol. The Morgan fingerprint density at radius 2 is 1.75 bits per heavy atom. The lowest BCUT2D eigenvalue weighted by atomic mass is 9.96. The number of benzene rings is 2. The molecule has 1 heterocycles. The topological polar surface area (TPSA) is 68.0 Å². The maximum absolute atomic E-state index is 12.5. The first-order valence-corrected chi connectivity index (χ1v) is 9.74. The lowest BCUT2D eigenvalue weighted by Gasteiger charge is -2.23. The molecule has 0 bridgehead atoms. The SMILES string of the molecule is Cc1ccc(-c2nnc(CCC(=O)NC(c3ccc(Cl)cc3)C(C)C)o2)cc1. The number of rotatable bonds is 7. The van der Waals surface area contributed by atoms with Crippen molar-refractivity contribution < 1.29 is 9.21 Å². The van der Waals surface area contributed by atoms with E-state index in [1.807, 2.05) is 55.5 Å². The maximum Gasteiger partial charge on any atom is 0.247 e. The first kappa shape index (κ1) is 20.1. The standard InChI is InChI=1S/C22H24ClN3O2/c1-14(2)21(16-8-10-18(23)11-9-16)24-19(27)12-13-20-25-26-22(28-20)17-6-4-15(3)5-7-17/h4-11,14,21H,12-13H2,1-3H3,(H,24,27). The molecular formula is C22H24ClN3O2. The summed E-state index contributed by atoms with van der Waals surface area (Å²) in [6.45, 7) is 6.17. The van der Waals surface area contributed by atoms with E-state index in [2.05, 4.69) is 29.4 Å². The Morgan fingerprint density at radius 3 is 2.39 bits per heavy atom. The Morgan fingerprint density at radius 1 is 1.07 bits per heavy atom. The molecule has 6 heteroatoms. The van der Waals surface area contributed by atoms with E-state index >= 15 is 0 Å². The lowest BCUT2D eigenvalue weighted by Crippen LogP contribution is -2.31. The molecule has 0 spiro atoms. The van der Waals surface area contributed by atoms with Crippen molar-refractivity contribution in [3.63, 3.8) is 0 Å². The van der Waals surface area contributed by atoms with Crippen molar-refractivity contribution in [1.82, 2.24) is 15.5 Å². The Kier molecular flexibility index (Phi) is 6.47. The molecule has 0 aliphatic carbocycles. The highest BCUT2D eigenvalue weighted by molar-refractivity contribution is 6.30. The van der Waals surface area contributed by atoms with Crippen LogP contribution >= 0.6 is 11.6 Å². The highest BCUT2D eigenvalue weighted by Crippen LogP contribution is 2.24. The molecule has 1 unspecified atom stereocenters. The van der Waals surface area contributed by atoms with E-state index in [9.17, 15) is 4.79 Å². The van der Waals surface area contributed by atoms with Crippen molar-refractivity contribution in [2.24, 2.45) is 5.92 Å². The molecule has 1 amide bonds. The van der Waals surface area contributed by atoms with Crippen LogP contribution in [0.25, 0.3) is 11.5 Å². The molecule has 0 radical (unpaired) electrons. The normalized spacial score (nSPS) is 12.2. The van der Waals surface area contributed by atoms with E-state index in [4.69, 9.17) is 16.0 Å². The Balaban J connectivity index is 1.59. The summed E-state index contributed by atoms with van der Waals surface area (Å²) < 4.78 is 5.69. The van der Waals surface area contributed by atoms with Crippen LogP contribution in [0, 0.1) is 12.8 Å². The van der Waals surface area contributed by atoms with Gasteiger partial charge in [0.2, 0.25) is 17.7 Å². The van der Waals surface area contributed by atoms with Crippen LogP contribution in [-0.4, -0.2) is 16.1 Å². The van der Waals surface area contributed by atoms with E-state index in [1.165, 1.54) is 5.56 Å². The zero-order valence-electron chi connectivity index (χ0n) is 16.3. The van der Waals surface area contributed by atoms with Gasteiger partial charge in [0.25, 0.3) is 0 Å². The van der Waals surface area contributed by atoms with Crippen LogP contribution in [-0.2, 0) is 11.2 Å². The summed E-state index contributed by atoms with van der Waals surface area (Å²) in [7, 11) is 0. The monoisotopic (exact) mass is 397 g/mol. The minimum absolute atomic E-state index is 0.0521. The minimum Gasteiger partial charge on any atom is -0.421 e. The molecule has 1 aromatic heterocycles. The van der Waals surface area contributed by atoms with E-state index in [0.717, 1.165) is 11.1 Å². The molecule has 146 valence electrons. The number of aryl methyl sites for hydroxylation is 2. The molecule has 3 aromatic rings. The Hall–Kier alpha value is -2.66. The highest BCUT2D eigenvalue weighted by atomic mass is 35.5. The maximum atomic E-state index is 12.5. The summed E-state index contributed by atoms with van der Waals surface area (Å²) in [6.07, 6.45) is 0.683. The second-order valence-electron chi connectivity index (χ2n) is 7.21. The first-order valence-electron chi connectivity index (χ1n) is 9.36. The highest BCUT2D eigenvalue weighted by Gasteiger charge is 2.19. The van der Waals surface area contributed by atoms with Crippen LogP contribution in [0.5, 0.6) is 0 Å². The summed E-state index contributed by atoms with van der Waals surface area (Å²) in [6, 6.07) is 15.4. The van der Waals surface area contributed by atoms with Crippen LogP contribution in [0.15, 0.2) is 52.9 Å². The molecule has 0 aliphatic heterocycles. The predicted octanol–water partition coefficient (Wildman–Crippen LogP) is 5.14. The molecule has 0 fully saturated rings. The largest absolute Gasteiger partial charge is 0.421 e. The zero-order chi connectivity index (χ0) is 20.1. The van der Waals surface area contributed by atoms with Gasteiger partial charge in [0.05, 0.1) is 6.04 Å². The second-order valence-corrected chi connectivity index (χ2v) is 7.64. The van der Waals surface area contributed by atoms with Gasteiger partial charge in [-0.2, -0.15) is 0 Å². The van der Waals surface area contributed by atoms with Gasteiger partial charge >= 0.3 is 0 Å². The lowest BCUT2D eigenvalue weighted by molar-refractivity contribution is -0.122. The molecule has 1 atom stereocenters. The van der Waals surface area contributed by atoms with Gasteiger partial charge in [0, 0.05) is 23.4 Å². The number of hydrogen-bond donors (Lipinski definition) is 1. The van der Waals surface area contributed by atoms with Gasteiger partial charge in [-0.05, 0) is 42.7 Å². The fraction of sp³-hybridized carbons (Fsp3) is 0.318. The first-order chi connectivity index (χ1) is 13.4. The minimum atomic E-state index is -0.0735. The fourth-order valence-electron chi connectivity index (χ4n) is 2.94. The van der Waals surface area contributed by atoms with Gasteiger partial charge in [0.1, 0.15) is 0 Å². The zero-order valence-corrected chi connectivity index (χ0v) is 17.0.